The highest BCUT2D eigenvalue weighted by atomic mass is 35.5. The van der Waals surface area contributed by atoms with Crippen LogP contribution in [0.2, 0.25) is 0 Å². The van der Waals surface area contributed by atoms with Gasteiger partial charge in [0.25, 0.3) is 0 Å². The first-order valence-electron chi connectivity index (χ1n) is 7.65. The van der Waals surface area contributed by atoms with Crippen LogP contribution < -0.4 is 5.32 Å². The van der Waals surface area contributed by atoms with E-state index in [4.69, 9.17) is 0 Å². The average Bonchev–Trinajstić information content (AvgIpc) is 2.42. The van der Waals surface area contributed by atoms with Crippen LogP contribution >= 0.6 is 24.8 Å². The third-order valence-corrected chi connectivity index (χ3v) is 4.47. The highest BCUT2D eigenvalue weighted by Gasteiger charge is 2.27. The van der Waals surface area contributed by atoms with Crippen molar-refractivity contribution in [1.82, 2.24) is 10.2 Å². The Morgan fingerprint density at radius 3 is 2.29 bits per heavy atom. The van der Waals surface area contributed by atoms with Crippen molar-refractivity contribution in [3.63, 3.8) is 0 Å². The molecule has 2 rings (SSSR count). The van der Waals surface area contributed by atoms with E-state index in [1.807, 2.05) is 0 Å². The molecular weight excluding hydrogens is 303 g/mol. The van der Waals surface area contributed by atoms with Crippen LogP contribution in [0.3, 0.4) is 0 Å². The Morgan fingerprint density at radius 1 is 1.14 bits per heavy atom. The Bertz CT molecular complexity index is 417. The molecule has 1 fully saturated rings. The van der Waals surface area contributed by atoms with Gasteiger partial charge in [0.1, 0.15) is 0 Å². The molecule has 1 unspecified atom stereocenters. The van der Waals surface area contributed by atoms with E-state index in [9.17, 15) is 0 Å². The highest BCUT2D eigenvalue weighted by molar-refractivity contribution is 5.85. The molecule has 0 aliphatic carbocycles. The molecule has 0 bridgehead atoms. The maximum Gasteiger partial charge on any atom is 0.0377 e. The van der Waals surface area contributed by atoms with Crippen molar-refractivity contribution < 1.29 is 0 Å². The monoisotopic (exact) mass is 332 g/mol. The van der Waals surface area contributed by atoms with Gasteiger partial charge in [-0.3, -0.25) is 4.90 Å². The van der Waals surface area contributed by atoms with Crippen LogP contribution in [0.15, 0.2) is 18.2 Å². The van der Waals surface area contributed by atoms with Gasteiger partial charge in [0.2, 0.25) is 0 Å². The second kappa shape index (κ2) is 9.68. The summed E-state index contributed by atoms with van der Waals surface area (Å²) in [6, 6.07) is 7.52. The summed E-state index contributed by atoms with van der Waals surface area (Å²) in [7, 11) is 0. The van der Waals surface area contributed by atoms with E-state index in [0.29, 0.717) is 12.0 Å². The molecule has 1 heterocycles. The standard InChI is InChI=1S/C17H28N2.2ClH/c1-5-14(3)17(19-10-8-18-9-11-19)16-7-6-13(2)12-15(16)4;;/h6-7,12,14,17-18H,5,8-11H2,1-4H3;2*1H/t14?,17-;;/m1../s1. The van der Waals surface area contributed by atoms with Crippen LogP contribution in [0.25, 0.3) is 0 Å². The lowest BCUT2D eigenvalue weighted by Gasteiger charge is -2.39. The molecule has 1 saturated heterocycles. The van der Waals surface area contributed by atoms with Crippen LogP contribution in [-0.4, -0.2) is 31.1 Å². The number of aryl methyl sites for hydroxylation is 2. The summed E-state index contributed by atoms with van der Waals surface area (Å²) < 4.78 is 0. The number of benzene rings is 1. The lowest BCUT2D eigenvalue weighted by atomic mass is 9.87. The molecule has 1 aliphatic heterocycles. The van der Waals surface area contributed by atoms with E-state index < -0.39 is 0 Å². The Kier molecular flexibility index (Phi) is 9.55. The largest absolute Gasteiger partial charge is 0.314 e. The Hall–Kier alpha value is -0.280. The van der Waals surface area contributed by atoms with Crippen molar-refractivity contribution in [2.75, 3.05) is 26.2 Å². The smallest absolute Gasteiger partial charge is 0.0377 e. The molecule has 1 aromatic carbocycles. The Balaban J connectivity index is 0.00000200. The summed E-state index contributed by atoms with van der Waals surface area (Å²) >= 11 is 0. The minimum atomic E-state index is 0. The summed E-state index contributed by atoms with van der Waals surface area (Å²) in [5.74, 6) is 0.708. The predicted octanol–water partition coefficient (Wildman–Crippen LogP) is 4.14. The first-order chi connectivity index (χ1) is 9.13. The predicted molar refractivity (Wildman–Crippen MR) is 97.1 cm³/mol. The molecule has 2 atom stereocenters. The van der Waals surface area contributed by atoms with Gasteiger partial charge < -0.3 is 5.32 Å². The van der Waals surface area contributed by atoms with Crippen molar-refractivity contribution in [3.8, 4) is 0 Å². The van der Waals surface area contributed by atoms with Gasteiger partial charge in [-0.05, 0) is 30.9 Å². The lowest BCUT2D eigenvalue weighted by molar-refractivity contribution is 0.128. The Morgan fingerprint density at radius 2 is 1.76 bits per heavy atom. The van der Waals surface area contributed by atoms with Crippen molar-refractivity contribution in [2.24, 2.45) is 5.92 Å². The molecule has 2 nitrogen and oxygen atoms in total. The van der Waals surface area contributed by atoms with Crippen molar-refractivity contribution in [1.29, 1.82) is 0 Å². The molecule has 0 radical (unpaired) electrons. The van der Waals surface area contributed by atoms with Gasteiger partial charge in [0, 0.05) is 32.2 Å². The molecular formula is C17H30Cl2N2. The van der Waals surface area contributed by atoms with Crippen molar-refractivity contribution >= 4 is 24.8 Å². The molecule has 122 valence electrons. The third kappa shape index (κ3) is 5.14. The number of halogens is 2. The number of rotatable bonds is 4. The van der Waals surface area contributed by atoms with E-state index in [2.05, 4.69) is 56.1 Å². The molecule has 0 aromatic heterocycles. The van der Waals surface area contributed by atoms with Crippen LogP contribution in [0.4, 0.5) is 0 Å². The van der Waals surface area contributed by atoms with Crippen molar-refractivity contribution in [3.05, 3.63) is 34.9 Å². The fourth-order valence-corrected chi connectivity index (χ4v) is 3.20. The molecule has 21 heavy (non-hydrogen) atoms. The quantitative estimate of drug-likeness (QED) is 0.891. The first-order valence-corrected chi connectivity index (χ1v) is 7.65. The Labute approximate surface area is 142 Å². The summed E-state index contributed by atoms with van der Waals surface area (Å²) in [6.07, 6.45) is 1.24. The van der Waals surface area contributed by atoms with Crippen LogP contribution in [0.1, 0.15) is 43.0 Å². The van der Waals surface area contributed by atoms with E-state index in [-0.39, 0.29) is 24.8 Å². The highest BCUT2D eigenvalue weighted by Crippen LogP contribution is 2.33. The summed E-state index contributed by atoms with van der Waals surface area (Å²) in [5, 5.41) is 3.46. The van der Waals surface area contributed by atoms with E-state index in [1.165, 1.54) is 36.2 Å². The van der Waals surface area contributed by atoms with Gasteiger partial charge in [0.15, 0.2) is 0 Å². The van der Waals surface area contributed by atoms with Crippen LogP contribution in [0, 0.1) is 19.8 Å². The average molecular weight is 333 g/mol. The summed E-state index contributed by atoms with van der Waals surface area (Å²) in [6.45, 7) is 13.7. The molecule has 4 heteroatoms. The molecule has 1 aromatic rings. The van der Waals surface area contributed by atoms with E-state index in [0.717, 1.165) is 13.1 Å². The number of hydrogen-bond donors (Lipinski definition) is 1. The summed E-state index contributed by atoms with van der Waals surface area (Å²) in [4.78, 5) is 2.67. The third-order valence-electron chi connectivity index (χ3n) is 4.47. The maximum atomic E-state index is 3.46. The molecule has 0 saturated carbocycles. The fraction of sp³-hybridized carbons (Fsp3) is 0.647. The normalized spacial score (nSPS) is 18.3. The number of nitrogens with zero attached hydrogens (tertiary/aromatic N) is 1. The van der Waals surface area contributed by atoms with Crippen molar-refractivity contribution in [2.45, 2.75) is 40.2 Å². The number of piperazine rings is 1. The van der Waals surface area contributed by atoms with Crippen LogP contribution in [-0.2, 0) is 0 Å². The van der Waals surface area contributed by atoms with Gasteiger partial charge in [-0.15, -0.1) is 24.8 Å². The first kappa shape index (κ1) is 20.7. The number of nitrogens with one attached hydrogen (secondary N) is 1. The minimum Gasteiger partial charge on any atom is -0.314 e. The van der Waals surface area contributed by atoms with E-state index in [1.54, 1.807) is 0 Å². The summed E-state index contributed by atoms with van der Waals surface area (Å²) in [5.41, 5.74) is 4.34. The zero-order valence-electron chi connectivity index (χ0n) is 13.7. The fourth-order valence-electron chi connectivity index (χ4n) is 3.20. The topological polar surface area (TPSA) is 15.3 Å². The van der Waals surface area contributed by atoms with Gasteiger partial charge in [-0.25, -0.2) is 0 Å². The second-order valence-corrected chi connectivity index (χ2v) is 5.98. The maximum absolute atomic E-state index is 3.46. The molecule has 0 spiro atoms. The lowest BCUT2D eigenvalue weighted by Crippen LogP contribution is -2.46. The van der Waals surface area contributed by atoms with E-state index >= 15 is 0 Å². The minimum absolute atomic E-state index is 0. The molecule has 0 amide bonds. The van der Waals surface area contributed by atoms with Gasteiger partial charge in [0.05, 0.1) is 0 Å². The number of hydrogen-bond acceptors (Lipinski definition) is 2. The van der Waals surface area contributed by atoms with Gasteiger partial charge in [-0.2, -0.15) is 0 Å². The molecule has 1 N–H and O–H groups in total. The zero-order valence-corrected chi connectivity index (χ0v) is 15.3. The van der Waals surface area contributed by atoms with Gasteiger partial charge >= 0.3 is 0 Å². The zero-order chi connectivity index (χ0) is 13.8. The SMILES string of the molecule is CCC(C)[C@H](c1ccc(C)cc1C)N1CCNCC1.Cl.Cl. The molecule has 1 aliphatic rings. The van der Waals surface area contributed by atoms with Crippen LogP contribution in [0.5, 0.6) is 0 Å². The van der Waals surface area contributed by atoms with Gasteiger partial charge in [-0.1, -0.05) is 44.0 Å². The second-order valence-electron chi connectivity index (χ2n) is 5.98.